The predicted octanol–water partition coefficient (Wildman–Crippen LogP) is 1.73. The largest absolute Gasteiger partial charge is 0.480 e. The van der Waals surface area contributed by atoms with E-state index in [0.29, 0.717) is 13.0 Å². The first kappa shape index (κ1) is 11.4. The zero-order chi connectivity index (χ0) is 11.5. The summed E-state index contributed by atoms with van der Waals surface area (Å²) in [6.07, 6.45) is 0.580. The van der Waals surface area contributed by atoms with E-state index in [1.807, 2.05) is 6.07 Å². The quantitative estimate of drug-likeness (QED) is 0.846. The maximum atomic E-state index is 12.9. The Balaban J connectivity index is 1.94. The molecule has 16 heavy (non-hydrogen) atoms. The fourth-order valence-corrected chi connectivity index (χ4v) is 2.90. The molecular weight excluding hydrogens is 229 g/mol. The van der Waals surface area contributed by atoms with Crippen LogP contribution in [0.1, 0.15) is 6.42 Å². The van der Waals surface area contributed by atoms with Crippen LogP contribution in [-0.4, -0.2) is 28.9 Å². The van der Waals surface area contributed by atoms with Crippen LogP contribution in [0, 0.1) is 5.82 Å². The van der Waals surface area contributed by atoms with E-state index in [2.05, 4.69) is 5.32 Å². The molecule has 1 saturated heterocycles. The molecule has 1 heterocycles. The van der Waals surface area contributed by atoms with Gasteiger partial charge in [-0.1, -0.05) is 6.07 Å². The third-order valence-corrected chi connectivity index (χ3v) is 3.71. The number of carbonyl (C=O) groups is 1. The summed E-state index contributed by atoms with van der Waals surface area (Å²) in [6, 6.07) is 5.90. The minimum Gasteiger partial charge on any atom is -0.480 e. The van der Waals surface area contributed by atoms with Gasteiger partial charge in [-0.15, -0.1) is 11.8 Å². The van der Waals surface area contributed by atoms with Crippen LogP contribution in [0.15, 0.2) is 29.2 Å². The molecule has 0 aliphatic carbocycles. The number of halogens is 1. The van der Waals surface area contributed by atoms with Gasteiger partial charge in [-0.3, -0.25) is 4.79 Å². The molecule has 5 heteroatoms. The Morgan fingerprint density at radius 2 is 2.38 bits per heavy atom. The van der Waals surface area contributed by atoms with Crippen molar-refractivity contribution in [3.8, 4) is 0 Å². The van der Waals surface area contributed by atoms with Gasteiger partial charge in [-0.25, -0.2) is 4.39 Å². The van der Waals surface area contributed by atoms with Gasteiger partial charge in [0.1, 0.15) is 11.9 Å². The smallest absolute Gasteiger partial charge is 0.320 e. The van der Waals surface area contributed by atoms with Crippen LogP contribution in [-0.2, 0) is 4.79 Å². The Morgan fingerprint density at radius 3 is 3.00 bits per heavy atom. The van der Waals surface area contributed by atoms with E-state index < -0.39 is 12.0 Å². The Labute approximate surface area is 97.0 Å². The molecule has 3 nitrogen and oxygen atoms in total. The van der Waals surface area contributed by atoms with Crippen LogP contribution in [0.4, 0.5) is 4.39 Å². The first-order valence-corrected chi connectivity index (χ1v) is 5.91. The second-order valence-electron chi connectivity index (χ2n) is 3.73. The van der Waals surface area contributed by atoms with E-state index in [9.17, 15) is 9.18 Å². The Hall–Kier alpha value is -1.07. The minimum absolute atomic E-state index is 0.197. The van der Waals surface area contributed by atoms with Gasteiger partial charge in [-0.05, 0) is 24.6 Å². The van der Waals surface area contributed by atoms with E-state index >= 15 is 0 Å². The fraction of sp³-hybridized carbons (Fsp3) is 0.364. The maximum Gasteiger partial charge on any atom is 0.320 e. The summed E-state index contributed by atoms with van der Waals surface area (Å²) in [4.78, 5) is 11.6. The van der Waals surface area contributed by atoms with Crippen molar-refractivity contribution in [2.45, 2.75) is 22.6 Å². The van der Waals surface area contributed by atoms with Gasteiger partial charge in [0.05, 0.1) is 0 Å². The molecule has 86 valence electrons. The summed E-state index contributed by atoms with van der Waals surface area (Å²) in [5, 5.41) is 11.9. The molecular formula is C11H12FNO2S. The summed E-state index contributed by atoms with van der Waals surface area (Å²) in [6.45, 7) is 0.651. The van der Waals surface area contributed by atoms with Crippen molar-refractivity contribution in [2.24, 2.45) is 0 Å². The second-order valence-corrected chi connectivity index (χ2v) is 5.11. The first-order valence-electron chi connectivity index (χ1n) is 5.03. The van der Waals surface area contributed by atoms with Gasteiger partial charge in [0.25, 0.3) is 0 Å². The molecule has 0 bridgehead atoms. The molecule has 2 atom stereocenters. The highest BCUT2D eigenvalue weighted by Crippen LogP contribution is 2.29. The van der Waals surface area contributed by atoms with E-state index in [1.54, 1.807) is 6.07 Å². The van der Waals surface area contributed by atoms with Crippen LogP contribution < -0.4 is 5.32 Å². The van der Waals surface area contributed by atoms with Crippen LogP contribution in [0.5, 0.6) is 0 Å². The number of benzene rings is 1. The number of aliphatic carboxylic acids is 1. The average molecular weight is 241 g/mol. The first-order chi connectivity index (χ1) is 7.65. The molecule has 0 amide bonds. The average Bonchev–Trinajstić information content (AvgIpc) is 2.66. The van der Waals surface area contributed by atoms with E-state index in [-0.39, 0.29) is 11.1 Å². The van der Waals surface area contributed by atoms with Gasteiger partial charge < -0.3 is 10.4 Å². The Bertz CT molecular complexity index is 399. The number of carboxylic acid groups (broad SMARTS) is 1. The molecule has 2 N–H and O–H groups in total. The van der Waals surface area contributed by atoms with E-state index in [4.69, 9.17) is 5.11 Å². The van der Waals surface area contributed by atoms with Crippen LogP contribution in [0.3, 0.4) is 0 Å². The Kier molecular flexibility index (Phi) is 3.46. The summed E-state index contributed by atoms with van der Waals surface area (Å²) in [7, 11) is 0. The molecule has 1 fully saturated rings. The lowest BCUT2D eigenvalue weighted by molar-refractivity contribution is -0.139. The van der Waals surface area contributed by atoms with E-state index in [1.165, 1.54) is 23.9 Å². The third-order valence-electron chi connectivity index (χ3n) is 2.49. The molecule has 0 spiro atoms. The predicted molar refractivity (Wildman–Crippen MR) is 60.1 cm³/mol. The molecule has 0 aromatic heterocycles. The maximum absolute atomic E-state index is 12.9. The number of carboxylic acids is 1. The highest BCUT2D eigenvalue weighted by atomic mass is 32.2. The minimum atomic E-state index is -0.817. The zero-order valence-corrected chi connectivity index (χ0v) is 9.34. The van der Waals surface area contributed by atoms with Gasteiger partial charge in [0.15, 0.2) is 0 Å². The molecule has 1 aromatic rings. The number of thioether (sulfide) groups is 1. The molecule has 2 rings (SSSR count). The lowest BCUT2D eigenvalue weighted by atomic mass is 10.2. The normalized spacial score (nSPS) is 24.6. The van der Waals surface area contributed by atoms with Crippen molar-refractivity contribution < 1.29 is 14.3 Å². The summed E-state index contributed by atoms with van der Waals surface area (Å²) in [5.74, 6) is -1.08. The van der Waals surface area contributed by atoms with Crippen molar-refractivity contribution >= 4 is 17.7 Å². The summed E-state index contributed by atoms with van der Waals surface area (Å²) >= 11 is 1.52. The highest BCUT2D eigenvalue weighted by Gasteiger charge is 2.29. The number of rotatable bonds is 3. The van der Waals surface area contributed by atoms with Crippen molar-refractivity contribution in [1.29, 1.82) is 0 Å². The second kappa shape index (κ2) is 4.84. The molecule has 0 radical (unpaired) electrons. The van der Waals surface area contributed by atoms with Crippen molar-refractivity contribution in [2.75, 3.05) is 6.54 Å². The number of hydrogen-bond donors (Lipinski definition) is 2. The van der Waals surface area contributed by atoms with Crippen LogP contribution >= 0.6 is 11.8 Å². The molecule has 1 aliphatic heterocycles. The SMILES string of the molecule is O=C(O)[C@@H]1C[C@@H](Sc2cccc(F)c2)CN1. The lowest BCUT2D eigenvalue weighted by Crippen LogP contribution is -2.29. The topological polar surface area (TPSA) is 49.3 Å². The van der Waals surface area contributed by atoms with Gasteiger partial charge in [-0.2, -0.15) is 0 Å². The standard InChI is InChI=1S/C11H12FNO2S/c12-7-2-1-3-8(4-7)16-9-5-10(11(14)15)13-6-9/h1-4,9-10,13H,5-6H2,(H,14,15)/t9-,10+/m1/s1. The van der Waals surface area contributed by atoms with Crippen LogP contribution in [0.2, 0.25) is 0 Å². The lowest BCUT2D eigenvalue weighted by Gasteiger charge is -2.07. The van der Waals surface area contributed by atoms with Crippen molar-refractivity contribution in [3.05, 3.63) is 30.1 Å². The molecule has 0 saturated carbocycles. The van der Waals surface area contributed by atoms with Gasteiger partial charge in [0.2, 0.25) is 0 Å². The van der Waals surface area contributed by atoms with Crippen LogP contribution in [0.25, 0.3) is 0 Å². The number of nitrogens with one attached hydrogen (secondary N) is 1. The van der Waals surface area contributed by atoms with Crippen molar-refractivity contribution in [1.82, 2.24) is 5.32 Å². The fourth-order valence-electron chi connectivity index (χ4n) is 1.71. The van der Waals surface area contributed by atoms with Gasteiger partial charge in [0, 0.05) is 16.7 Å². The summed E-state index contributed by atoms with van der Waals surface area (Å²) < 4.78 is 12.9. The third kappa shape index (κ3) is 2.74. The van der Waals surface area contributed by atoms with Crippen molar-refractivity contribution in [3.63, 3.8) is 0 Å². The zero-order valence-electron chi connectivity index (χ0n) is 8.52. The molecule has 1 aromatic carbocycles. The number of hydrogen-bond acceptors (Lipinski definition) is 3. The highest BCUT2D eigenvalue weighted by molar-refractivity contribution is 8.00. The summed E-state index contributed by atoms with van der Waals surface area (Å²) in [5.41, 5.74) is 0. The Morgan fingerprint density at radius 1 is 1.56 bits per heavy atom. The van der Waals surface area contributed by atoms with E-state index in [0.717, 1.165) is 4.90 Å². The van der Waals surface area contributed by atoms with Gasteiger partial charge >= 0.3 is 5.97 Å². The molecule has 1 aliphatic rings. The molecule has 0 unspecified atom stereocenters. The monoisotopic (exact) mass is 241 g/mol.